The minimum absolute atomic E-state index is 0.110. The van der Waals surface area contributed by atoms with Crippen LogP contribution >= 0.6 is 34.8 Å². The number of nitrogens with zero attached hydrogens (tertiary/aromatic N) is 2. The maximum Gasteiger partial charge on any atom is 0.437 e. The molecule has 0 aliphatic rings. The van der Waals surface area contributed by atoms with E-state index >= 15 is 0 Å². The molecule has 0 saturated carbocycles. The van der Waals surface area contributed by atoms with Crippen molar-refractivity contribution >= 4 is 57.5 Å². The number of nitrogens with one attached hydrogen (secondary N) is 1. The third kappa shape index (κ3) is 4.50. The van der Waals surface area contributed by atoms with E-state index in [1.165, 1.54) is 48.2 Å². The summed E-state index contributed by atoms with van der Waals surface area (Å²) in [5, 5.41) is 3.10. The van der Waals surface area contributed by atoms with Crippen LogP contribution in [-0.4, -0.2) is 22.7 Å². The highest BCUT2D eigenvalue weighted by Gasteiger charge is 2.21. The second-order valence-electron chi connectivity index (χ2n) is 6.82. The lowest BCUT2D eigenvalue weighted by Crippen LogP contribution is -2.36. The van der Waals surface area contributed by atoms with Gasteiger partial charge in [-0.15, -0.1) is 0 Å². The molecule has 4 aromatic rings. The van der Waals surface area contributed by atoms with Crippen molar-refractivity contribution in [3.05, 3.63) is 91.4 Å². The first-order valence-corrected chi connectivity index (χ1v) is 10.6. The van der Waals surface area contributed by atoms with Crippen LogP contribution in [0.3, 0.4) is 0 Å². The number of para-hydroxylation sites is 1. The van der Waals surface area contributed by atoms with E-state index in [0.717, 1.165) is 0 Å². The molecule has 0 unspecified atom stereocenters. The van der Waals surface area contributed by atoms with Crippen LogP contribution in [0.2, 0.25) is 15.1 Å². The van der Waals surface area contributed by atoms with Crippen molar-refractivity contribution in [3.63, 3.8) is 0 Å². The largest absolute Gasteiger partial charge is 0.497 e. The molecule has 3 aromatic carbocycles. The molecule has 11 heteroatoms. The van der Waals surface area contributed by atoms with Gasteiger partial charge in [0.25, 0.3) is 0 Å². The van der Waals surface area contributed by atoms with E-state index in [1.54, 1.807) is 18.2 Å². The molecule has 0 fully saturated rings. The second kappa shape index (κ2) is 9.35. The highest BCUT2D eigenvalue weighted by Crippen LogP contribution is 2.30. The zero-order chi connectivity index (χ0) is 23.7. The molecule has 33 heavy (non-hydrogen) atoms. The molecule has 0 bridgehead atoms. The summed E-state index contributed by atoms with van der Waals surface area (Å²) in [6.07, 6.45) is -1.04. The number of halogens is 4. The van der Waals surface area contributed by atoms with E-state index in [1.807, 2.05) is 0 Å². The first-order chi connectivity index (χ1) is 15.8. The quantitative estimate of drug-likeness (QED) is 0.378. The monoisotopic (exact) mass is 509 g/mol. The molecular formula is C22H15Cl3FN3O4. The highest BCUT2D eigenvalue weighted by molar-refractivity contribution is 6.39. The Morgan fingerprint density at radius 2 is 1.70 bits per heavy atom. The minimum atomic E-state index is -1.04. The molecule has 0 atom stereocenters. The number of anilines is 1. The van der Waals surface area contributed by atoms with Crippen LogP contribution in [0.4, 0.5) is 14.9 Å². The van der Waals surface area contributed by atoms with E-state index < -0.39 is 17.5 Å². The maximum atomic E-state index is 14.5. The lowest BCUT2D eigenvalue weighted by Gasteiger charge is -2.14. The summed E-state index contributed by atoms with van der Waals surface area (Å²) in [7, 11) is 1.45. The van der Waals surface area contributed by atoms with Crippen molar-refractivity contribution in [1.29, 1.82) is 0 Å². The van der Waals surface area contributed by atoms with Crippen LogP contribution in [-0.2, 0) is 6.54 Å². The predicted molar refractivity (Wildman–Crippen MR) is 125 cm³/mol. The Kier molecular flexibility index (Phi) is 6.51. The molecule has 4 rings (SSSR count). The third-order valence-corrected chi connectivity index (χ3v) is 5.82. The summed E-state index contributed by atoms with van der Waals surface area (Å²) in [5.74, 6) is -0.163. The number of hydrogen-bond donors (Lipinski definition) is 1. The number of aromatic nitrogens is 2. The van der Waals surface area contributed by atoms with Gasteiger partial charge in [-0.05, 0) is 42.5 Å². The van der Waals surface area contributed by atoms with Gasteiger partial charge in [-0.3, -0.25) is 14.9 Å². The number of benzene rings is 3. The van der Waals surface area contributed by atoms with Gasteiger partial charge in [-0.2, -0.15) is 0 Å². The first kappa shape index (κ1) is 23.0. The lowest BCUT2D eigenvalue weighted by molar-refractivity contribution is 0.105. The Balaban J connectivity index is 1.79. The van der Waals surface area contributed by atoms with Gasteiger partial charge in [0, 0.05) is 10.6 Å². The molecule has 7 nitrogen and oxygen atoms in total. The fourth-order valence-corrected chi connectivity index (χ4v) is 3.96. The molecule has 0 aliphatic heterocycles. The summed E-state index contributed by atoms with van der Waals surface area (Å²) in [4.78, 5) is 31.7. The van der Waals surface area contributed by atoms with Crippen LogP contribution < -0.4 is 20.5 Å². The van der Waals surface area contributed by atoms with Gasteiger partial charge in [0.15, 0.2) is 0 Å². The standard InChI is InChI=1S/C22H15Cl3FN3O4/c1-32-12-8-9-19-13(10-12)21(30)29(28(19)11-14-15(23)4-3-7-18(14)26)33-22(31)27-20-16(24)5-2-6-17(20)25/h2-10H,11H2,1H3,(H,27,31). The van der Waals surface area contributed by atoms with Crippen LogP contribution in [0.15, 0.2) is 59.4 Å². The Bertz CT molecular complexity index is 1390. The van der Waals surface area contributed by atoms with Crippen molar-refractivity contribution in [2.75, 3.05) is 12.4 Å². The predicted octanol–water partition coefficient (Wildman–Crippen LogP) is 5.62. The van der Waals surface area contributed by atoms with Gasteiger partial charge in [-0.1, -0.05) is 51.8 Å². The summed E-state index contributed by atoms with van der Waals surface area (Å²) in [5.41, 5.74) is -0.0837. The van der Waals surface area contributed by atoms with Crippen molar-refractivity contribution < 1.29 is 18.8 Å². The van der Waals surface area contributed by atoms with Crippen molar-refractivity contribution in [3.8, 4) is 5.75 Å². The summed E-state index contributed by atoms with van der Waals surface area (Å²) >= 11 is 18.3. The maximum absolute atomic E-state index is 14.5. The van der Waals surface area contributed by atoms with Gasteiger partial charge < -0.3 is 4.74 Å². The normalized spacial score (nSPS) is 10.9. The van der Waals surface area contributed by atoms with Crippen molar-refractivity contribution in [2.24, 2.45) is 0 Å². The number of carbonyl (C=O) groups is 1. The van der Waals surface area contributed by atoms with Gasteiger partial charge in [-0.25, -0.2) is 13.9 Å². The Morgan fingerprint density at radius 3 is 2.36 bits per heavy atom. The number of rotatable bonds is 5. The zero-order valence-corrected chi connectivity index (χ0v) is 19.2. The molecule has 0 spiro atoms. The number of amides is 1. The molecule has 1 N–H and O–H groups in total. The number of hydrogen-bond acceptors (Lipinski definition) is 4. The zero-order valence-electron chi connectivity index (χ0n) is 16.9. The van der Waals surface area contributed by atoms with Crippen LogP contribution in [0.1, 0.15) is 5.56 Å². The molecular weight excluding hydrogens is 496 g/mol. The fourth-order valence-electron chi connectivity index (χ4n) is 3.24. The molecule has 0 saturated heterocycles. The van der Waals surface area contributed by atoms with E-state index in [2.05, 4.69) is 5.32 Å². The average Bonchev–Trinajstić information content (AvgIpc) is 3.04. The number of ether oxygens (including phenoxy) is 1. The van der Waals surface area contributed by atoms with Crippen LogP contribution in [0, 0.1) is 5.82 Å². The van der Waals surface area contributed by atoms with E-state index in [0.29, 0.717) is 16.1 Å². The topological polar surface area (TPSA) is 74.5 Å². The number of methoxy groups -OCH3 is 1. The molecule has 0 aliphatic carbocycles. The van der Waals surface area contributed by atoms with E-state index in [4.69, 9.17) is 44.4 Å². The second-order valence-corrected chi connectivity index (χ2v) is 8.04. The Morgan fingerprint density at radius 1 is 1.03 bits per heavy atom. The number of fused-ring (bicyclic) bond motifs is 1. The van der Waals surface area contributed by atoms with E-state index in [9.17, 15) is 14.0 Å². The smallest absolute Gasteiger partial charge is 0.437 e. The summed E-state index contributed by atoms with van der Waals surface area (Å²) in [6, 6.07) is 13.6. The third-order valence-electron chi connectivity index (χ3n) is 4.83. The average molecular weight is 511 g/mol. The number of carbonyl (C=O) groups excluding carboxylic acids is 1. The SMILES string of the molecule is COc1ccc2c(c1)c(=O)n(OC(=O)Nc1c(Cl)cccc1Cl)n2Cc1c(F)cccc1Cl. The van der Waals surface area contributed by atoms with Gasteiger partial charge in [0.05, 0.1) is 40.3 Å². The molecule has 1 aromatic heterocycles. The van der Waals surface area contributed by atoms with Crippen LogP contribution in [0.5, 0.6) is 5.75 Å². The summed E-state index contributed by atoms with van der Waals surface area (Å²) < 4.78 is 20.9. The molecule has 0 radical (unpaired) electrons. The first-order valence-electron chi connectivity index (χ1n) is 9.46. The highest BCUT2D eigenvalue weighted by atomic mass is 35.5. The molecule has 170 valence electrons. The Hall–Kier alpha value is -3.20. The van der Waals surface area contributed by atoms with Gasteiger partial charge in [0.1, 0.15) is 11.6 Å². The molecule has 1 heterocycles. The minimum Gasteiger partial charge on any atom is -0.497 e. The molecule has 1 amide bonds. The van der Waals surface area contributed by atoms with E-state index in [-0.39, 0.29) is 38.2 Å². The van der Waals surface area contributed by atoms with Crippen molar-refractivity contribution in [2.45, 2.75) is 6.54 Å². The lowest BCUT2D eigenvalue weighted by atomic mass is 10.2. The Labute approximate surface area is 201 Å². The fraction of sp³-hybridized carbons (Fsp3) is 0.0909. The van der Waals surface area contributed by atoms with Gasteiger partial charge in [0.2, 0.25) is 0 Å². The van der Waals surface area contributed by atoms with Crippen molar-refractivity contribution in [1.82, 2.24) is 9.53 Å². The summed E-state index contributed by atoms with van der Waals surface area (Å²) in [6.45, 7) is -0.198. The van der Waals surface area contributed by atoms with Gasteiger partial charge >= 0.3 is 11.7 Å². The van der Waals surface area contributed by atoms with Crippen LogP contribution in [0.25, 0.3) is 10.9 Å².